The van der Waals surface area contributed by atoms with E-state index in [9.17, 15) is 14.7 Å². The molecule has 1 fully saturated rings. The van der Waals surface area contributed by atoms with Gasteiger partial charge in [-0.25, -0.2) is 0 Å². The highest BCUT2D eigenvalue weighted by Crippen LogP contribution is 2.32. The van der Waals surface area contributed by atoms with Crippen molar-refractivity contribution in [2.45, 2.75) is 73.5 Å². The maximum Gasteiger partial charge on any atom is 0.312 e. The van der Waals surface area contributed by atoms with Crippen molar-refractivity contribution in [1.29, 1.82) is 0 Å². The van der Waals surface area contributed by atoms with Crippen molar-refractivity contribution in [2.75, 3.05) is 0 Å². The first-order valence-corrected chi connectivity index (χ1v) is 9.19. The van der Waals surface area contributed by atoms with Crippen LogP contribution in [0.2, 0.25) is 0 Å². The minimum atomic E-state index is -0.590. The van der Waals surface area contributed by atoms with Gasteiger partial charge in [0, 0.05) is 11.8 Å². The van der Waals surface area contributed by atoms with E-state index in [1.54, 1.807) is 0 Å². The number of ketones is 1. The van der Waals surface area contributed by atoms with Crippen LogP contribution in [-0.2, 0) is 14.3 Å². The molecule has 0 saturated carbocycles. The van der Waals surface area contributed by atoms with Crippen molar-refractivity contribution < 1.29 is 19.4 Å². The molecule has 1 N–H and O–H groups in total. The lowest BCUT2D eigenvalue weighted by molar-refractivity contribution is -0.188. The number of aliphatic hydroxyl groups is 1. The first-order chi connectivity index (χ1) is 11.1. The van der Waals surface area contributed by atoms with Gasteiger partial charge < -0.3 is 9.84 Å². The lowest BCUT2D eigenvalue weighted by atomic mass is 9.82. The second-order valence-corrected chi connectivity index (χ2v) is 7.74. The Balaban J connectivity index is 2.60. The molecule has 4 nitrogen and oxygen atoms in total. The summed E-state index contributed by atoms with van der Waals surface area (Å²) in [5.74, 6) is -0.271. The fourth-order valence-electron chi connectivity index (χ4n) is 3.53. The Labute approximate surface area is 146 Å². The number of ether oxygens (including phenoxy) is 1. The van der Waals surface area contributed by atoms with E-state index in [0.29, 0.717) is 0 Å². The molecule has 1 aliphatic heterocycles. The third kappa shape index (κ3) is 4.92. The highest BCUT2D eigenvalue weighted by Gasteiger charge is 2.41. The van der Waals surface area contributed by atoms with Crippen LogP contribution in [0.15, 0.2) is 11.6 Å². The summed E-state index contributed by atoms with van der Waals surface area (Å²) in [7, 11) is 0. The fraction of sp³-hybridized carbons (Fsp3) is 0.800. The molecule has 24 heavy (non-hydrogen) atoms. The molecule has 0 aromatic rings. The van der Waals surface area contributed by atoms with Crippen LogP contribution in [0.1, 0.15) is 61.3 Å². The Hall–Kier alpha value is -1.16. The quantitative estimate of drug-likeness (QED) is 0.513. The zero-order chi connectivity index (χ0) is 18.6. The molecule has 7 atom stereocenters. The Kier molecular flexibility index (Phi) is 7.65. The largest absolute Gasteiger partial charge is 0.461 e. The number of hydrogen-bond donors (Lipinski definition) is 1. The summed E-state index contributed by atoms with van der Waals surface area (Å²) in [4.78, 5) is 23.8. The number of cyclic esters (lactones) is 1. The molecule has 0 amide bonds. The molecule has 138 valence electrons. The molecule has 0 spiro atoms. The predicted molar refractivity (Wildman–Crippen MR) is 95.4 cm³/mol. The summed E-state index contributed by atoms with van der Waals surface area (Å²) < 4.78 is 5.21. The van der Waals surface area contributed by atoms with Crippen LogP contribution in [0, 0.1) is 29.6 Å². The third-order valence-electron chi connectivity index (χ3n) is 5.49. The van der Waals surface area contributed by atoms with Gasteiger partial charge in [-0.1, -0.05) is 52.7 Å². The molecule has 1 rings (SSSR count). The van der Waals surface area contributed by atoms with E-state index in [4.69, 9.17) is 4.74 Å². The summed E-state index contributed by atoms with van der Waals surface area (Å²) in [6.45, 7) is 13.7. The van der Waals surface area contributed by atoms with Gasteiger partial charge in [0.05, 0.1) is 12.0 Å². The standard InChI is InChI=1S/C20H34O4/c1-8-12(3)17(21)15(6)18(22)13(4)9-11(2)10-14(5)19-16(7)20(23)24-19/h9,12-17,19,21H,8,10H2,1-7H3/t12-,13+,14-,15-,16-,17+,19?/m0/s1. The molecule has 0 radical (unpaired) electrons. The van der Waals surface area contributed by atoms with E-state index >= 15 is 0 Å². The van der Waals surface area contributed by atoms with Gasteiger partial charge in [0.15, 0.2) is 0 Å². The van der Waals surface area contributed by atoms with E-state index in [0.717, 1.165) is 18.4 Å². The average Bonchev–Trinajstić information content (AvgIpc) is 2.55. The molecule has 1 saturated heterocycles. The molecule has 4 heteroatoms. The number of aliphatic hydroxyl groups excluding tert-OH is 1. The van der Waals surface area contributed by atoms with Crippen LogP contribution in [0.25, 0.3) is 0 Å². The Morgan fingerprint density at radius 3 is 2.33 bits per heavy atom. The molecule has 1 unspecified atom stereocenters. The van der Waals surface area contributed by atoms with Crippen LogP contribution in [-0.4, -0.2) is 29.1 Å². The SMILES string of the molecule is CC[C@H](C)[C@@H](O)[C@H](C)C(=O)[C@H](C)C=C(C)C[C@H](C)C1OC(=O)[C@H]1C. The number of carbonyl (C=O) groups excluding carboxylic acids is 2. The molecular weight excluding hydrogens is 304 g/mol. The van der Waals surface area contributed by atoms with Crippen LogP contribution in [0.4, 0.5) is 0 Å². The number of allylic oxidation sites excluding steroid dienone is 2. The molecular formula is C20H34O4. The summed E-state index contributed by atoms with van der Waals surface area (Å²) >= 11 is 0. The lowest BCUT2D eigenvalue weighted by Gasteiger charge is -2.37. The highest BCUT2D eigenvalue weighted by molar-refractivity contribution is 5.85. The van der Waals surface area contributed by atoms with Crippen LogP contribution < -0.4 is 0 Å². The van der Waals surface area contributed by atoms with Gasteiger partial charge in [-0.05, 0) is 32.1 Å². The number of Topliss-reactive ketones (excluding diaryl/α,β-unsaturated/α-hetero) is 1. The van der Waals surface area contributed by atoms with Crippen molar-refractivity contribution in [2.24, 2.45) is 29.6 Å². The van der Waals surface area contributed by atoms with Gasteiger partial charge >= 0.3 is 5.97 Å². The summed E-state index contributed by atoms with van der Waals surface area (Å²) in [5.41, 5.74) is 1.13. The topological polar surface area (TPSA) is 63.6 Å². The van der Waals surface area contributed by atoms with E-state index in [-0.39, 0.29) is 47.4 Å². The molecule has 0 aromatic heterocycles. The normalized spacial score (nSPS) is 27.5. The molecule has 1 heterocycles. The Bertz CT molecular complexity index is 482. The summed E-state index contributed by atoms with van der Waals surface area (Å²) in [5, 5.41) is 10.3. The monoisotopic (exact) mass is 338 g/mol. The molecule has 1 aliphatic rings. The second kappa shape index (κ2) is 8.80. The van der Waals surface area contributed by atoms with Gasteiger partial charge in [-0.2, -0.15) is 0 Å². The van der Waals surface area contributed by atoms with Crippen LogP contribution in [0.3, 0.4) is 0 Å². The fourth-order valence-corrected chi connectivity index (χ4v) is 3.53. The van der Waals surface area contributed by atoms with E-state index in [2.05, 4.69) is 6.92 Å². The van der Waals surface area contributed by atoms with Crippen LogP contribution >= 0.6 is 0 Å². The van der Waals surface area contributed by atoms with Gasteiger partial charge in [0.25, 0.3) is 0 Å². The third-order valence-corrected chi connectivity index (χ3v) is 5.49. The van der Waals surface area contributed by atoms with Crippen molar-refractivity contribution in [3.8, 4) is 0 Å². The number of hydrogen-bond acceptors (Lipinski definition) is 4. The maximum absolute atomic E-state index is 12.5. The minimum absolute atomic E-state index is 0.0157. The Morgan fingerprint density at radius 1 is 1.29 bits per heavy atom. The summed E-state index contributed by atoms with van der Waals surface area (Å²) in [6.07, 6.45) is 3.05. The predicted octanol–water partition coefficient (Wildman–Crippen LogP) is 3.77. The highest BCUT2D eigenvalue weighted by atomic mass is 16.6. The first-order valence-electron chi connectivity index (χ1n) is 9.19. The number of rotatable bonds is 9. The molecule has 0 bridgehead atoms. The van der Waals surface area contributed by atoms with E-state index in [1.165, 1.54) is 0 Å². The Morgan fingerprint density at radius 2 is 1.88 bits per heavy atom. The molecule has 0 aromatic carbocycles. The summed E-state index contributed by atoms with van der Waals surface area (Å²) in [6, 6.07) is 0. The van der Waals surface area contributed by atoms with Crippen molar-refractivity contribution in [1.82, 2.24) is 0 Å². The number of esters is 1. The van der Waals surface area contributed by atoms with Crippen molar-refractivity contribution in [3.63, 3.8) is 0 Å². The minimum Gasteiger partial charge on any atom is -0.461 e. The van der Waals surface area contributed by atoms with Crippen molar-refractivity contribution >= 4 is 11.8 Å². The van der Waals surface area contributed by atoms with Gasteiger partial charge in [0.2, 0.25) is 0 Å². The first kappa shape index (κ1) is 20.9. The number of carbonyl (C=O) groups is 2. The van der Waals surface area contributed by atoms with E-state index in [1.807, 2.05) is 47.6 Å². The van der Waals surface area contributed by atoms with Gasteiger partial charge in [-0.3, -0.25) is 9.59 Å². The van der Waals surface area contributed by atoms with Gasteiger partial charge in [0.1, 0.15) is 11.9 Å². The van der Waals surface area contributed by atoms with Crippen molar-refractivity contribution in [3.05, 3.63) is 11.6 Å². The maximum atomic E-state index is 12.5. The lowest BCUT2D eigenvalue weighted by Crippen LogP contribution is -2.47. The second-order valence-electron chi connectivity index (χ2n) is 7.74. The molecule has 0 aliphatic carbocycles. The average molecular weight is 338 g/mol. The zero-order valence-electron chi connectivity index (χ0n) is 16.2. The van der Waals surface area contributed by atoms with Gasteiger partial charge in [-0.15, -0.1) is 0 Å². The van der Waals surface area contributed by atoms with Crippen LogP contribution in [0.5, 0.6) is 0 Å². The smallest absolute Gasteiger partial charge is 0.312 e. The zero-order valence-corrected chi connectivity index (χ0v) is 16.2. The van der Waals surface area contributed by atoms with E-state index < -0.39 is 6.10 Å².